The highest BCUT2D eigenvalue weighted by Gasteiger charge is 2.11. The number of benzene rings is 2. The van der Waals surface area contributed by atoms with Crippen LogP contribution in [0.3, 0.4) is 0 Å². The van der Waals surface area contributed by atoms with Crippen molar-refractivity contribution in [2.24, 2.45) is 5.92 Å². The molecule has 0 heterocycles. The largest absolute Gasteiger partial charge is 0.326 e. The molecule has 0 aliphatic heterocycles. The van der Waals surface area contributed by atoms with E-state index < -0.39 is 0 Å². The first-order valence-electron chi connectivity index (χ1n) is 7.04. The Balaban J connectivity index is 2.13. The first kappa shape index (κ1) is 17.3. The number of amides is 2. The monoisotopic (exact) mass is 350 g/mol. The van der Waals surface area contributed by atoms with Crippen LogP contribution in [0.25, 0.3) is 0 Å². The summed E-state index contributed by atoms with van der Waals surface area (Å²) in [6.45, 7) is 3.60. The fourth-order valence-corrected chi connectivity index (χ4v) is 2.10. The van der Waals surface area contributed by atoms with Gasteiger partial charge in [0.15, 0.2) is 0 Å². The van der Waals surface area contributed by atoms with Crippen LogP contribution in [0.4, 0.5) is 11.4 Å². The van der Waals surface area contributed by atoms with Gasteiger partial charge in [0.25, 0.3) is 5.91 Å². The zero-order chi connectivity index (χ0) is 17.0. The topological polar surface area (TPSA) is 58.2 Å². The van der Waals surface area contributed by atoms with Gasteiger partial charge in [-0.3, -0.25) is 9.59 Å². The predicted molar refractivity (Wildman–Crippen MR) is 94.3 cm³/mol. The van der Waals surface area contributed by atoms with Crippen molar-refractivity contribution < 1.29 is 9.59 Å². The molecule has 2 rings (SSSR count). The highest BCUT2D eigenvalue weighted by atomic mass is 35.5. The molecule has 0 aliphatic carbocycles. The third-order valence-corrected chi connectivity index (χ3v) is 3.83. The highest BCUT2D eigenvalue weighted by Crippen LogP contribution is 2.25. The number of hydrogen-bond donors (Lipinski definition) is 2. The maximum Gasteiger partial charge on any atom is 0.255 e. The van der Waals surface area contributed by atoms with Gasteiger partial charge in [-0.05, 0) is 36.4 Å². The second-order valence-electron chi connectivity index (χ2n) is 5.31. The molecule has 0 unspecified atom stereocenters. The summed E-state index contributed by atoms with van der Waals surface area (Å²) < 4.78 is 0. The van der Waals surface area contributed by atoms with E-state index in [1.165, 1.54) is 0 Å². The van der Waals surface area contributed by atoms with Crippen molar-refractivity contribution in [3.8, 4) is 0 Å². The average Bonchev–Trinajstić information content (AvgIpc) is 2.51. The van der Waals surface area contributed by atoms with Crippen molar-refractivity contribution in [3.05, 3.63) is 58.1 Å². The van der Waals surface area contributed by atoms with E-state index in [0.29, 0.717) is 27.0 Å². The molecule has 23 heavy (non-hydrogen) atoms. The number of anilines is 2. The molecule has 0 fully saturated rings. The van der Waals surface area contributed by atoms with Gasteiger partial charge < -0.3 is 10.6 Å². The van der Waals surface area contributed by atoms with Gasteiger partial charge in [-0.1, -0.05) is 43.1 Å². The Bertz CT molecular complexity index is 745. The lowest BCUT2D eigenvalue weighted by molar-refractivity contribution is -0.118. The Morgan fingerprint density at radius 3 is 2.26 bits per heavy atom. The Morgan fingerprint density at radius 1 is 0.913 bits per heavy atom. The van der Waals surface area contributed by atoms with Crippen LogP contribution in [0, 0.1) is 5.92 Å². The minimum Gasteiger partial charge on any atom is -0.326 e. The van der Waals surface area contributed by atoms with Crippen LogP contribution in [-0.2, 0) is 4.79 Å². The molecule has 6 heteroatoms. The van der Waals surface area contributed by atoms with Crippen LogP contribution in [0.2, 0.25) is 10.0 Å². The SMILES string of the molecule is CC(C)C(=O)Nc1cccc(C(=O)Nc2ccc(Cl)c(Cl)c2)c1. The van der Waals surface area contributed by atoms with Gasteiger partial charge in [-0.15, -0.1) is 0 Å². The van der Waals surface area contributed by atoms with Gasteiger partial charge >= 0.3 is 0 Å². The molecule has 2 amide bonds. The molecule has 4 nitrogen and oxygen atoms in total. The summed E-state index contributed by atoms with van der Waals surface area (Å²) in [7, 11) is 0. The van der Waals surface area contributed by atoms with Gasteiger partial charge in [0, 0.05) is 22.9 Å². The van der Waals surface area contributed by atoms with Crippen molar-refractivity contribution >= 4 is 46.4 Å². The number of rotatable bonds is 4. The summed E-state index contributed by atoms with van der Waals surface area (Å²) in [6.07, 6.45) is 0. The highest BCUT2D eigenvalue weighted by molar-refractivity contribution is 6.42. The zero-order valence-electron chi connectivity index (χ0n) is 12.7. The molecule has 0 saturated carbocycles. The summed E-state index contributed by atoms with van der Waals surface area (Å²) in [5.41, 5.74) is 1.55. The van der Waals surface area contributed by atoms with Crippen LogP contribution in [0.15, 0.2) is 42.5 Å². The number of nitrogens with one attached hydrogen (secondary N) is 2. The second kappa shape index (κ2) is 7.49. The minimum atomic E-state index is -0.302. The summed E-state index contributed by atoms with van der Waals surface area (Å²) in [5.74, 6) is -0.542. The number of carbonyl (C=O) groups is 2. The molecule has 0 aliphatic rings. The lowest BCUT2D eigenvalue weighted by Gasteiger charge is -2.10. The number of halogens is 2. The smallest absolute Gasteiger partial charge is 0.255 e. The lowest BCUT2D eigenvalue weighted by Crippen LogP contribution is -2.18. The van der Waals surface area contributed by atoms with Crippen LogP contribution in [-0.4, -0.2) is 11.8 Å². The van der Waals surface area contributed by atoms with Crippen molar-refractivity contribution in [2.45, 2.75) is 13.8 Å². The number of carbonyl (C=O) groups excluding carboxylic acids is 2. The first-order valence-corrected chi connectivity index (χ1v) is 7.79. The van der Waals surface area contributed by atoms with E-state index in [1.54, 1.807) is 56.3 Å². The molecule has 2 N–H and O–H groups in total. The molecule has 120 valence electrons. The molecule has 2 aromatic rings. The quantitative estimate of drug-likeness (QED) is 0.828. The third kappa shape index (κ3) is 4.71. The van der Waals surface area contributed by atoms with Gasteiger partial charge in [0.2, 0.25) is 5.91 Å². The zero-order valence-corrected chi connectivity index (χ0v) is 14.2. The number of hydrogen-bond acceptors (Lipinski definition) is 2. The van der Waals surface area contributed by atoms with Crippen molar-refractivity contribution in [1.29, 1.82) is 0 Å². The van der Waals surface area contributed by atoms with Crippen LogP contribution in [0.5, 0.6) is 0 Å². The Morgan fingerprint density at radius 2 is 1.61 bits per heavy atom. The maximum absolute atomic E-state index is 12.3. The predicted octanol–water partition coefficient (Wildman–Crippen LogP) is 4.84. The van der Waals surface area contributed by atoms with Crippen LogP contribution >= 0.6 is 23.2 Å². The Kier molecular flexibility index (Phi) is 5.64. The molecular formula is C17H16Cl2N2O2. The molecule has 2 aromatic carbocycles. The second-order valence-corrected chi connectivity index (χ2v) is 6.12. The first-order chi connectivity index (χ1) is 10.9. The molecule has 0 bridgehead atoms. The minimum absolute atomic E-state index is 0.105. The molecular weight excluding hydrogens is 335 g/mol. The molecule has 0 aromatic heterocycles. The Hall–Kier alpha value is -2.04. The van der Waals surface area contributed by atoms with Gasteiger partial charge in [0.1, 0.15) is 0 Å². The summed E-state index contributed by atoms with van der Waals surface area (Å²) in [6, 6.07) is 11.6. The van der Waals surface area contributed by atoms with Crippen molar-refractivity contribution in [1.82, 2.24) is 0 Å². The van der Waals surface area contributed by atoms with Gasteiger partial charge in [0.05, 0.1) is 10.0 Å². The maximum atomic E-state index is 12.3. The van der Waals surface area contributed by atoms with E-state index in [2.05, 4.69) is 10.6 Å². The van der Waals surface area contributed by atoms with E-state index in [-0.39, 0.29) is 17.7 Å². The summed E-state index contributed by atoms with van der Waals surface area (Å²) in [4.78, 5) is 24.0. The van der Waals surface area contributed by atoms with Crippen molar-refractivity contribution in [3.63, 3.8) is 0 Å². The summed E-state index contributed by atoms with van der Waals surface area (Å²) in [5, 5.41) is 6.28. The molecule has 0 spiro atoms. The fourth-order valence-electron chi connectivity index (χ4n) is 1.80. The standard InChI is InChI=1S/C17H16Cl2N2O2/c1-10(2)16(22)20-12-5-3-4-11(8-12)17(23)21-13-6-7-14(18)15(19)9-13/h3-10H,1-2H3,(H,20,22)(H,21,23). The van der Waals surface area contributed by atoms with Crippen LogP contribution < -0.4 is 10.6 Å². The average molecular weight is 351 g/mol. The normalized spacial score (nSPS) is 10.5. The van der Waals surface area contributed by atoms with Gasteiger partial charge in [-0.25, -0.2) is 0 Å². The fraction of sp³-hybridized carbons (Fsp3) is 0.176. The van der Waals surface area contributed by atoms with E-state index in [4.69, 9.17) is 23.2 Å². The molecule has 0 radical (unpaired) electrons. The van der Waals surface area contributed by atoms with E-state index in [1.807, 2.05) is 0 Å². The molecule has 0 saturated heterocycles. The van der Waals surface area contributed by atoms with E-state index in [0.717, 1.165) is 0 Å². The third-order valence-electron chi connectivity index (χ3n) is 3.09. The van der Waals surface area contributed by atoms with Crippen LogP contribution in [0.1, 0.15) is 24.2 Å². The molecule has 0 atom stereocenters. The van der Waals surface area contributed by atoms with Crippen molar-refractivity contribution in [2.75, 3.05) is 10.6 Å². The Labute approximate surface area is 144 Å². The lowest BCUT2D eigenvalue weighted by atomic mass is 10.1. The van der Waals surface area contributed by atoms with Gasteiger partial charge in [-0.2, -0.15) is 0 Å². The van der Waals surface area contributed by atoms with E-state index >= 15 is 0 Å². The summed E-state index contributed by atoms with van der Waals surface area (Å²) >= 11 is 11.8. The van der Waals surface area contributed by atoms with E-state index in [9.17, 15) is 9.59 Å².